The predicted molar refractivity (Wildman–Crippen MR) is 59.6 cm³/mol. The molecule has 1 heterocycles. The Labute approximate surface area is 87.8 Å². The third-order valence-corrected chi connectivity index (χ3v) is 3.03. The van der Waals surface area contributed by atoms with E-state index in [-0.39, 0.29) is 0 Å². The van der Waals surface area contributed by atoms with E-state index in [2.05, 4.69) is 17.3 Å². The summed E-state index contributed by atoms with van der Waals surface area (Å²) in [6, 6.07) is 0.779. The van der Waals surface area contributed by atoms with Gasteiger partial charge in [0.15, 0.2) is 0 Å². The highest BCUT2D eigenvalue weighted by Gasteiger charge is 2.15. The molecule has 1 fully saturated rings. The van der Waals surface area contributed by atoms with E-state index in [1.165, 1.54) is 38.9 Å². The Morgan fingerprint density at radius 3 is 3.00 bits per heavy atom. The van der Waals surface area contributed by atoms with Crippen molar-refractivity contribution in [3.05, 3.63) is 0 Å². The molecule has 84 valence electrons. The summed E-state index contributed by atoms with van der Waals surface area (Å²) in [4.78, 5) is 2.49. The second kappa shape index (κ2) is 7.21. The second-order valence-corrected chi connectivity index (χ2v) is 4.16. The minimum atomic E-state index is 0.779. The summed E-state index contributed by atoms with van der Waals surface area (Å²) in [5, 5.41) is 3.45. The zero-order valence-corrected chi connectivity index (χ0v) is 9.59. The van der Waals surface area contributed by atoms with Crippen molar-refractivity contribution in [2.24, 2.45) is 0 Å². The third kappa shape index (κ3) is 4.40. The standard InChI is InChI=1S/C11H24N2O/c1-13(9-4-10-14-2)11-5-3-7-12-8-6-11/h11-12H,3-10H2,1-2H3. The van der Waals surface area contributed by atoms with Gasteiger partial charge in [-0.05, 0) is 45.8 Å². The van der Waals surface area contributed by atoms with Gasteiger partial charge in [0, 0.05) is 26.3 Å². The van der Waals surface area contributed by atoms with Crippen molar-refractivity contribution in [2.45, 2.75) is 31.7 Å². The third-order valence-electron chi connectivity index (χ3n) is 3.03. The van der Waals surface area contributed by atoms with Crippen molar-refractivity contribution >= 4 is 0 Å². The van der Waals surface area contributed by atoms with Gasteiger partial charge in [-0.1, -0.05) is 0 Å². The van der Waals surface area contributed by atoms with Crippen molar-refractivity contribution in [1.82, 2.24) is 10.2 Å². The number of ether oxygens (including phenoxy) is 1. The van der Waals surface area contributed by atoms with Crippen LogP contribution in [0.4, 0.5) is 0 Å². The van der Waals surface area contributed by atoms with Gasteiger partial charge in [0.05, 0.1) is 0 Å². The number of methoxy groups -OCH3 is 1. The number of nitrogens with one attached hydrogen (secondary N) is 1. The summed E-state index contributed by atoms with van der Waals surface area (Å²) >= 11 is 0. The summed E-state index contributed by atoms with van der Waals surface area (Å²) in [5.74, 6) is 0. The van der Waals surface area contributed by atoms with Gasteiger partial charge in [-0.25, -0.2) is 0 Å². The Morgan fingerprint density at radius 2 is 2.21 bits per heavy atom. The maximum Gasteiger partial charge on any atom is 0.0474 e. The lowest BCUT2D eigenvalue weighted by Gasteiger charge is -2.26. The molecule has 3 nitrogen and oxygen atoms in total. The molecule has 1 atom stereocenters. The molecule has 1 N–H and O–H groups in total. The molecule has 0 amide bonds. The summed E-state index contributed by atoms with van der Waals surface area (Å²) in [5.41, 5.74) is 0. The Kier molecular flexibility index (Phi) is 6.15. The maximum absolute atomic E-state index is 5.07. The molecule has 0 aromatic heterocycles. The van der Waals surface area contributed by atoms with Crippen molar-refractivity contribution in [3.63, 3.8) is 0 Å². The van der Waals surface area contributed by atoms with Crippen LogP contribution in [0.25, 0.3) is 0 Å². The average Bonchev–Trinajstić information content (AvgIpc) is 2.46. The lowest BCUT2D eigenvalue weighted by Crippen LogP contribution is -2.33. The van der Waals surface area contributed by atoms with Crippen molar-refractivity contribution in [2.75, 3.05) is 40.4 Å². The monoisotopic (exact) mass is 200 g/mol. The number of rotatable bonds is 5. The van der Waals surface area contributed by atoms with Gasteiger partial charge in [-0.2, -0.15) is 0 Å². The van der Waals surface area contributed by atoms with Crippen LogP contribution in [0.1, 0.15) is 25.7 Å². The molecule has 1 rings (SSSR count). The van der Waals surface area contributed by atoms with Gasteiger partial charge in [-0.15, -0.1) is 0 Å². The predicted octanol–water partition coefficient (Wildman–Crippen LogP) is 1.10. The molecule has 0 bridgehead atoms. The van der Waals surface area contributed by atoms with Crippen LogP contribution in [0.15, 0.2) is 0 Å². The fourth-order valence-electron chi connectivity index (χ4n) is 2.08. The molecular weight excluding hydrogens is 176 g/mol. The summed E-state index contributed by atoms with van der Waals surface area (Å²) in [6.45, 7) is 4.43. The SMILES string of the molecule is COCCCN(C)C1CCCNCC1. The Balaban J connectivity index is 2.16. The minimum absolute atomic E-state index is 0.779. The molecule has 3 heteroatoms. The van der Waals surface area contributed by atoms with E-state index in [4.69, 9.17) is 4.74 Å². The van der Waals surface area contributed by atoms with Gasteiger partial charge < -0.3 is 15.0 Å². The maximum atomic E-state index is 5.07. The Hall–Kier alpha value is -0.120. The van der Waals surface area contributed by atoms with E-state index in [1.54, 1.807) is 7.11 Å². The van der Waals surface area contributed by atoms with Gasteiger partial charge in [0.25, 0.3) is 0 Å². The molecular formula is C11H24N2O. The first-order valence-electron chi connectivity index (χ1n) is 5.74. The topological polar surface area (TPSA) is 24.5 Å². The quantitative estimate of drug-likeness (QED) is 0.673. The van der Waals surface area contributed by atoms with Crippen molar-refractivity contribution < 1.29 is 4.74 Å². The van der Waals surface area contributed by atoms with Crippen LogP contribution in [-0.2, 0) is 4.74 Å². The lowest BCUT2D eigenvalue weighted by atomic mass is 10.1. The average molecular weight is 200 g/mol. The van der Waals surface area contributed by atoms with Crippen LogP contribution < -0.4 is 5.32 Å². The first kappa shape index (κ1) is 12.0. The largest absolute Gasteiger partial charge is 0.385 e. The Bertz CT molecular complexity index is 133. The lowest BCUT2D eigenvalue weighted by molar-refractivity contribution is 0.160. The van der Waals surface area contributed by atoms with E-state index in [0.29, 0.717) is 0 Å². The van der Waals surface area contributed by atoms with Crippen LogP contribution in [-0.4, -0.2) is 51.3 Å². The molecule has 1 unspecified atom stereocenters. The van der Waals surface area contributed by atoms with Crippen LogP contribution in [0.2, 0.25) is 0 Å². The molecule has 0 aromatic rings. The number of nitrogens with zero attached hydrogens (tertiary/aromatic N) is 1. The van der Waals surface area contributed by atoms with E-state index in [9.17, 15) is 0 Å². The Morgan fingerprint density at radius 1 is 1.36 bits per heavy atom. The molecule has 0 spiro atoms. The molecule has 0 saturated carbocycles. The number of hydrogen-bond acceptors (Lipinski definition) is 3. The van der Waals surface area contributed by atoms with Gasteiger partial charge >= 0.3 is 0 Å². The van der Waals surface area contributed by atoms with Crippen molar-refractivity contribution in [1.29, 1.82) is 0 Å². The van der Waals surface area contributed by atoms with Crippen LogP contribution in [0.5, 0.6) is 0 Å². The van der Waals surface area contributed by atoms with E-state index in [0.717, 1.165) is 19.1 Å². The highest BCUT2D eigenvalue weighted by molar-refractivity contribution is 4.73. The minimum Gasteiger partial charge on any atom is -0.385 e. The molecule has 0 radical (unpaired) electrons. The zero-order valence-electron chi connectivity index (χ0n) is 9.59. The first-order valence-corrected chi connectivity index (χ1v) is 5.74. The summed E-state index contributed by atoms with van der Waals surface area (Å²) < 4.78 is 5.07. The van der Waals surface area contributed by atoms with Crippen LogP contribution in [0, 0.1) is 0 Å². The molecule has 1 saturated heterocycles. The van der Waals surface area contributed by atoms with Gasteiger partial charge in [0.2, 0.25) is 0 Å². The smallest absolute Gasteiger partial charge is 0.0474 e. The fraction of sp³-hybridized carbons (Fsp3) is 1.00. The highest BCUT2D eigenvalue weighted by atomic mass is 16.5. The molecule has 1 aliphatic heterocycles. The van der Waals surface area contributed by atoms with Crippen LogP contribution in [0.3, 0.4) is 0 Å². The molecule has 14 heavy (non-hydrogen) atoms. The molecule has 0 aromatic carbocycles. The second-order valence-electron chi connectivity index (χ2n) is 4.16. The van der Waals surface area contributed by atoms with Gasteiger partial charge in [0.1, 0.15) is 0 Å². The number of hydrogen-bond donors (Lipinski definition) is 1. The normalized spacial score (nSPS) is 23.8. The van der Waals surface area contributed by atoms with Crippen molar-refractivity contribution in [3.8, 4) is 0 Å². The van der Waals surface area contributed by atoms with E-state index < -0.39 is 0 Å². The van der Waals surface area contributed by atoms with E-state index >= 15 is 0 Å². The van der Waals surface area contributed by atoms with Gasteiger partial charge in [-0.3, -0.25) is 0 Å². The first-order chi connectivity index (χ1) is 6.84. The summed E-state index contributed by atoms with van der Waals surface area (Å²) in [7, 11) is 4.02. The highest BCUT2D eigenvalue weighted by Crippen LogP contribution is 2.11. The summed E-state index contributed by atoms with van der Waals surface area (Å²) in [6.07, 6.45) is 5.11. The van der Waals surface area contributed by atoms with Crippen LogP contribution >= 0.6 is 0 Å². The zero-order chi connectivity index (χ0) is 10.2. The molecule has 0 aliphatic carbocycles. The molecule has 1 aliphatic rings. The fourth-order valence-corrected chi connectivity index (χ4v) is 2.08. The van der Waals surface area contributed by atoms with E-state index in [1.807, 2.05) is 0 Å².